The van der Waals surface area contributed by atoms with Gasteiger partial charge >= 0.3 is 0 Å². The highest BCUT2D eigenvalue weighted by Crippen LogP contribution is 2.41. The maximum atomic E-state index is 6.24. The molecule has 3 nitrogen and oxygen atoms in total. The molecule has 0 radical (unpaired) electrons. The normalized spacial score (nSPS) is 21.9. The molecule has 148 valence electrons. The van der Waals surface area contributed by atoms with Crippen LogP contribution in [0.5, 0.6) is 0 Å². The fraction of sp³-hybridized carbons (Fsp3) is 0.714. The van der Waals surface area contributed by atoms with E-state index in [-0.39, 0.29) is 5.60 Å². The van der Waals surface area contributed by atoms with E-state index in [2.05, 4.69) is 20.8 Å². The molecular weight excluding hydrogens is 361 g/mol. The first kappa shape index (κ1) is 22.0. The zero-order chi connectivity index (χ0) is 19.0. The summed E-state index contributed by atoms with van der Waals surface area (Å²) in [6.45, 7) is 7.22. The molecule has 1 aliphatic rings. The molecule has 0 aromatic heterocycles. The van der Waals surface area contributed by atoms with Crippen LogP contribution in [0.4, 0.5) is 0 Å². The largest absolute Gasteiger partial charge is 0.367 e. The second-order valence-corrected chi connectivity index (χ2v) is 12.1. The first-order valence-electron chi connectivity index (χ1n) is 10.1. The quantitative estimate of drug-likeness (QED) is 0.251. The van der Waals surface area contributed by atoms with Crippen LogP contribution in [0.15, 0.2) is 30.3 Å². The van der Waals surface area contributed by atoms with Crippen LogP contribution in [0.1, 0.15) is 71.3 Å². The molecule has 1 aliphatic heterocycles. The fourth-order valence-corrected chi connectivity index (χ4v) is 5.15. The third kappa shape index (κ3) is 8.19. The molecule has 1 saturated heterocycles. The van der Waals surface area contributed by atoms with E-state index < -0.39 is 6.42 Å². The Labute approximate surface area is 165 Å². The summed E-state index contributed by atoms with van der Waals surface area (Å²) in [5.74, 6) is 0.824. The molecule has 3 unspecified atom stereocenters. The summed E-state index contributed by atoms with van der Waals surface area (Å²) in [7, 11) is 0. The predicted molar refractivity (Wildman–Crippen MR) is 115 cm³/mol. The van der Waals surface area contributed by atoms with Crippen LogP contribution in [0.25, 0.3) is 0 Å². The van der Waals surface area contributed by atoms with Crippen LogP contribution in [-0.4, -0.2) is 17.9 Å². The minimum Gasteiger partial charge on any atom is -0.367 e. The summed E-state index contributed by atoms with van der Waals surface area (Å²) >= 11 is 5.52. The molecule has 1 fully saturated rings. The maximum absolute atomic E-state index is 6.24. The van der Waals surface area contributed by atoms with E-state index in [1.807, 2.05) is 30.3 Å². The van der Waals surface area contributed by atoms with Crippen LogP contribution in [-0.2, 0) is 27.7 Å². The lowest BCUT2D eigenvalue weighted by molar-refractivity contribution is 0.308. The Bertz CT molecular complexity index is 579. The van der Waals surface area contributed by atoms with E-state index in [1.54, 1.807) is 0 Å². The van der Waals surface area contributed by atoms with Crippen molar-refractivity contribution in [1.29, 1.82) is 0 Å². The number of hydrogen-bond donors (Lipinski definition) is 1. The average Bonchev–Trinajstić information content (AvgIpc) is 3.23. The lowest BCUT2D eigenvalue weighted by Gasteiger charge is -2.18. The van der Waals surface area contributed by atoms with Crippen LogP contribution in [0.2, 0.25) is 0 Å². The Hall–Kier alpha value is -0.250. The van der Waals surface area contributed by atoms with Crippen molar-refractivity contribution in [3.63, 3.8) is 0 Å². The molecule has 3 atom stereocenters. The van der Waals surface area contributed by atoms with Crippen molar-refractivity contribution in [1.82, 2.24) is 0 Å². The monoisotopic (exact) mass is 397 g/mol. The number of epoxide rings is 1. The molecular formula is C21H36NO2PS. The van der Waals surface area contributed by atoms with Crippen molar-refractivity contribution in [2.24, 2.45) is 11.4 Å². The SMILES string of the molecule is CCC(CCCCCP(N)(=S)OCc1ccccc1)CCC1OC1(C)C. The van der Waals surface area contributed by atoms with Crippen molar-refractivity contribution in [2.75, 3.05) is 6.16 Å². The van der Waals surface area contributed by atoms with Gasteiger partial charge in [0.2, 0.25) is 0 Å². The second kappa shape index (κ2) is 10.3. The summed E-state index contributed by atoms with van der Waals surface area (Å²) in [6.07, 6.45) is 7.81. The molecule has 1 aromatic rings. The highest BCUT2D eigenvalue weighted by molar-refractivity contribution is 8.11. The van der Waals surface area contributed by atoms with Crippen molar-refractivity contribution in [3.8, 4) is 0 Å². The molecule has 1 aromatic carbocycles. The number of nitrogens with two attached hydrogens (primary N) is 1. The molecule has 0 saturated carbocycles. The first-order valence-corrected chi connectivity index (χ1v) is 13.0. The Morgan fingerprint density at radius 1 is 1.19 bits per heavy atom. The van der Waals surface area contributed by atoms with Crippen molar-refractivity contribution >= 4 is 18.2 Å². The number of rotatable bonds is 13. The van der Waals surface area contributed by atoms with Gasteiger partial charge in [-0.25, -0.2) is 0 Å². The molecule has 0 bridgehead atoms. The highest BCUT2D eigenvalue weighted by atomic mass is 32.4. The van der Waals surface area contributed by atoms with E-state index in [9.17, 15) is 0 Å². The van der Waals surface area contributed by atoms with E-state index in [0.717, 1.165) is 24.1 Å². The molecule has 1 heterocycles. The van der Waals surface area contributed by atoms with Gasteiger partial charge in [0, 0.05) is 6.16 Å². The van der Waals surface area contributed by atoms with Gasteiger partial charge in [-0.1, -0.05) is 74.7 Å². The molecule has 26 heavy (non-hydrogen) atoms. The minimum absolute atomic E-state index is 0.135. The Balaban J connectivity index is 1.54. The summed E-state index contributed by atoms with van der Waals surface area (Å²) in [4.78, 5) is 0. The van der Waals surface area contributed by atoms with Gasteiger partial charge in [0.1, 0.15) is 6.42 Å². The fourth-order valence-electron chi connectivity index (χ4n) is 3.44. The summed E-state index contributed by atoms with van der Waals surface area (Å²) in [5, 5.41) is 0. The zero-order valence-corrected chi connectivity index (χ0v) is 18.4. The lowest BCUT2D eigenvalue weighted by atomic mass is 9.92. The van der Waals surface area contributed by atoms with Gasteiger partial charge in [-0.15, -0.1) is 0 Å². The van der Waals surface area contributed by atoms with E-state index in [1.165, 1.54) is 38.5 Å². The van der Waals surface area contributed by atoms with Gasteiger partial charge in [0.05, 0.1) is 18.3 Å². The Morgan fingerprint density at radius 2 is 1.88 bits per heavy atom. The molecule has 0 aliphatic carbocycles. The van der Waals surface area contributed by atoms with Gasteiger partial charge in [-0.3, -0.25) is 5.50 Å². The standard InChI is InChI=1S/C21H36NO2PS/c1-4-18(14-15-20-21(2,3)24-20)11-9-6-10-16-25(22,26)23-17-19-12-7-5-8-13-19/h5,7-8,12-13,18,20H,4,6,9-11,14-17H2,1-3H3,(H2,22,26). The topological polar surface area (TPSA) is 47.8 Å². The Kier molecular flexibility index (Phi) is 8.76. The van der Waals surface area contributed by atoms with Gasteiger partial charge in [0.15, 0.2) is 0 Å². The van der Waals surface area contributed by atoms with E-state index in [4.69, 9.17) is 26.6 Å². The maximum Gasteiger partial charge on any atom is 0.127 e. The lowest BCUT2D eigenvalue weighted by Crippen LogP contribution is -2.07. The third-order valence-electron chi connectivity index (χ3n) is 5.45. The molecule has 2 rings (SSSR count). The molecule has 0 amide bonds. The summed E-state index contributed by atoms with van der Waals surface area (Å²) < 4.78 is 11.5. The van der Waals surface area contributed by atoms with Crippen LogP contribution in [0, 0.1) is 5.92 Å². The minimum atomic E-state index is -2.14. The predicted octanol–water partition coefficient (Wildman–Crippen LogP) is 6.02. The number of hydrogen-bond acceptors (Lipinski definition) is 3. The van der Waals surface area contributed by atoms with Crippen molar-refractivity contribution < 1.29 is 9.26 Å². The third-order valence-corrected chi connectivity index (χ3v) is 7.82. The second-order valence-electron chi connectivity index (χ2n) is 8.12. The highest BCUT2D eigenvalue weighted by Gasteiger charge is 2.46. The number of benzene rings is 1. The molecule has 2 N–H and O–H groups in total. The first-order chi connectivity index (χ1) is 12.3. The van der Waals surface area contributed by atoms with E-state index in [0.29, 0.717) is 12.7 Å². The van der Waals surface area contributed by atoms with Crippen molar-refractivity contribution in [3.05, 3.63) is 35.9 Å². The van der Waals surface area contributed by atoms with Crippen molar-refractivity contribution in [2.45, 2.75) is 84.0 Å². The van der Waals surface area contributed by atoms with Gasteiger partial charge in [0.25, 0.3) is 0 Å². The van der Waals surface area contributed by atoms with E-state index >= 15 is 0 Å². The number of ether oxygens (including phenoxy) is 1. The Morgan fingerprint density at radius 3 is 2.50 bits per heavy atom. The van der Waals surface area contributed by atoms with Crippen LogP contribution < -0.4 is 5.50 Å². The van der Waals surface area contributed by atoms with Gasteiger partial charge < -0.3 is 9.26 Å². The smallest absolute Gasteiger partial charge is 0.127 e. The average molecular weight is 398 g/mol. The zero-order valence-electron chi connectivity index (χ0n) is 16.7. The molecule has 5 heteroatoms. The molecule has 0 spiro atoms. The summed E-state index contributed by atoms with van der Waals surface area (Å²) in [6, 6.07) is 10.1. The van der Waals surface area contributed by atoms with Gasteiger partial charge in [-0.2, -0.15) is 0 Å². The number of unbranched alkanes of at least 4 members (excludes halogenated alkanes) is 2. The van der Waals surface area contributed by atoms with Gasteiger partial charge in [-0.05, 0) is 44.6 Å². The van der Waals surface area contributed by atoms with Crippen LogP contribution >= 0.6 is 6.42 Å². The van der Waals surface area contributed by atoms with Crippen LogP contribution in [0.3, 0.4) is 0 Å². The summed E-state index contributed by atoms with van der Waals surface area (Å²) in [5.41, 5.74) is 7.51.